The second-order valence-electron chi connectivity index (χ2n) is 4.06. The third-order valence-corrected chi connectivity index (χ3v) is 2.93. The van der Waals surface area contributed by atoms with Crippen LogP contribution in [0.15, 0.2) is 0 Å². The van der Waals surface area contributed by atoms with Crippen LogP contribution in [0.4, 0.5) is 4.79 Å². The Balaban J connectivity index is 1.96. The highest BCUT2D eigenvalue weighted by atomic mass is 16.5. The second-order valence-corrected chi connectivity index (χ2v) is 4.06. The number of nitrogens with zero attached hydrogens (tertiary/aromatic N) is 1. The Morgan fingerprint density at radius 3 is 2.81 bits per heavy atom. The third kappa shape index (κ3) is 2.12. The zero-order valence-electron chi connectivity index (χ0n) is 8.74. The van der Waals surface area contributed by atoms with Crippen LogP contribution in [-0.2, 0) is 4.74 Å². The summed E-state index contributed by atoms with van der Waals surface area (Å²) in [4.78, 5) is 12.9. The molecule has 2 aliphatic rings. The first-order valence-electron chi connectivity index (χ1n) is 5.31. The van der Waals surface area contributed by atoms with Gasteiger partial charge < -0.3 is 25.4 Å². The van der Waals surface area contributed by atoms with Crippen molar-refractivity contribution in [2.45, 2.75) is 37.5 Å². The number of carbonyl (C=O) groups excluding carboxylic acids is 1. The summed E-state index contributed by atoms with van der Waals surface area (Å²) in [5.41, 5.74) is 0. The number of urea groups is 1. The fourth-order valence-electron chi connectivity index (χ4n) is 2.01. The Morgan fingerprint density at radius 2 is 2.25 bits per heavy atom. The van der Waals surface area contributed by atoms with Gasteiger partial charge in [-0.2, -0.15) is 0 Å². The summed E-state index contributed by atoms with van der Waals surface area (Å²) in [5, 5.41) is 30.0. The van der Waals surface area contributed by atoms with Crippen molar-refractivity contribution in [2.24, 2.45) is 0 Å². The van der Waals surface area contributed by atoms with E-state index >= 15 is 0 Å². The number of nitrogens with one attached hydrogen (secondary N) is 1. The Labute approximate surface area is 92.6 Å². The number of aliphatic hydroxyl groups is 3. The van der Waals surface area contributed by atoms with E-state index in [4.69, 9.17) is 9.84 Å². The zero-order valence-corrected chi connectivity index (χ0v) is 8.74. The first kappa shape index (κ1) is 11.6. The summed E-state index contributed by atoms with van der Waals surface area (Å²) in [6.45, 7) is 0.109. The van der Waals surface area contributed by atoms with Crippen LogP contribution in [0.1, 0.15) is 12.8 Å². The SMILES string of the molecule is O=C1N[C@@H](O)CCN1[C@@H]1C[C@H](O)[C@H](CO)O1. The lowest BCUT2D eigenvalue weighted by Gasteiger charge is -2.34. The number of aliphatic hydroxyl groups excluding tert-OH is 3. The highest BCUT2D eigenvalue weighted by molar-refractivity contribution is 5.75. The number of hydrogen-bond donors (Lipinski definition) is 4. The van der Waals surface area contributed by atoms with Gasteiger partial charge in [-0.05, 0) is 0 Å². The van der Waals surface area contributed by atoms with Gasteiger partial charge in [0.05, 0.1) is 12.7 Å². The minimum absolute atomic E-state index is 0.268. The molecule has 2 aliphatic heterocycles. The van der Waals surface area contributed by atoms with Crippen LogP contribution in [0.25, 0.3) is 0 Å². The summed E-state index contributed by atoms with van der Waals surface area (Å²) in [7, 11) is 0. The van der Waals surface area contributed by atoms with Crippen molar-refractivity contribution in [2.75, 3.05) is 13.2 Å². The van der Waals surface area contributed by atoms with Crippen LogP contribution in [0, 0.1) is 0 Å². The highest BCUT2D eigenvalue weighted by Gasteiger charge is 2.40. The Bertz CT molecular complexity index is 275. The maximum absolute atomic E-state index is 11.5. The van der Waals surface area contributed by atoms with Gasteiger partial charge in [-0.1, -0.05) is 0 Å². The molecule has 0 aromatic carbocycles. The molecule has 2 saturated heterocycles. The van der Waals surface area contributed by atoms with Gasteiger partial charge >= 0.3 is 6.03 Å². The molecule has 2 heterocycles. The van der Waals surface area contributed by atoms with Gasteiger partial charge in [0.2, 0.25) is 0 Å². The van der Waals surface area contributed by atoms with E-state index in [-0.39, 0.29) is 13.0 Å². The predicted molar refractivity (Wildman–Crippen MR) is 52.2 cm³/mol. The van der Waals surface area contributed by atoms with Gasteiger partial charge in [-0.15, -0.1) is 0 Å². The molecule has 2 rings (SSSR count). The minimum atomic E-state index is -0.816. The molecule has 2 amide bonds. The van der Waals surface area contributed by atoms with Crippen molar-refractivity contribution < 1.29 is 24.9 Å². The van der Waals surface area contributed by atoms with Crippen molar-refractivity contribution in [3.63, 3.8) is 0 Å². The maximum Gasteiger partial charge on any atom is 0.321 e. The van der Waals surface area contributed by atoms with Crippen LogP contribution >= 0.6 is 0 Å². The lowest BCUT2D eigenvalue weighted by atomic mass is 10.2. The number of ether oxygens (including phenoxy) is 1. The lowest BCUT2D eigenvalue weighted by Crippen LogP contribution is -2.55. The Kier molecular flexibility index (Phi) is 3.29. The molecule has 0 aliphatic carbocycles. The fourth-order valence-corrected chi connectivity index (χ4v) is 2.01. The first-order chi connectivity index (χ1) is 7.61. The van der Waals surface area contributed by atoms with Crippen LogP contribution in [0.5, 0.6) is 0 Å². The average molecular weight is 232 g/mol. The van der Waals surface area contributed by atoms with Crippen LogP contribution in [0.3, 0.4) is 0 Å². The number of amides is 2. The summed E-state index contributed by atoms with van der Waals surface area (Å²) in [6, 6.07) is -0.408. The molecule has 0 saturated carbocycles. The molecule has 2 fully saturated rings. The molecule has 0 radical (unpaired) electrons. The molecule has 7 heteroatoms. The second kappa shape index (κ2) is 4.54. The molecule has 16 heavy (non-hydrogen) atoms. The molecule has 4 N–H and O–H groups in total. The molecule has 4 atom stereocenters. The summed E-state index contributed by atoms with van der Waals surface area (Å²) < 4.78 is 5.35. The van der Waals surface area contributed by atoms with Gasteiger partial charge in [-0.3, -0.25) is 4.90 Å². The molecule has 0 bridgehead atoms. The van der Waals surface area contributed by atoms with E-state index in [1.807, 2.05) is 0 Å². The van der Waals surface area contributed by atoms with E-state index in [1.54, 1.807) is 0 Å². The summed E-state index contributed by atoms with van der Waals surface area (Å²) >= 11 is 0. The zero-order chi connectivity index (χ0) is 11.7. The van der Waals surface area contributed by atoms with Crippen LogP contribution in [-0.4, -0.2) is 64.1 Å². The first-order valence-corrected chi connectivity index (χ1v) is 5.31. The molecule has 0 aromatic heterocycles. The van der Waals surface area contributed by atoms with Gasteiger partial charge in [0.1, 0.15) is 18.6 Å². The Hall–Kier alpha value is -0.890. The molecular weight excluding hydrogens is 216 g/mol. The molecule has 7 nitrogen and oxygen atoms in total. The van der Waals surface area contributed by atoms with E-state index in [2.05, 4.69) is 5.32 Å². The molecule has 0 unspecified atom stereocenters. The van der Waals surface area contributed by atoms with Crippen molar-refractivity contribution >= 4 is 6.03 Å². The van der Waals surface area contributed by atoms with E-state index in [0.717, 1.165) is 0 Å². The van der Waals surface area contributed by atoms with Crippen LogP contribution in [0.2, 0.25) is 0 Å². The molecule has 92 valence electrons. The summed E-state index contributed by atoms with van der Waals surface area (Å²) in [6.07, 6.45) is -2.03. The van der Waals surface area contributed by atoms with Gasteiger partial charge in [0.25, 0.3) is 0 Å². The monoisotopic (exact) mass is 232 g/mol. The third-order valence-electron chi connectivity index (χ3n) is 2.93. The molecule has 0 spiro atoms. The average Bonchev–Trinajstić information content (AvgIpc) is 2.59. The topological polar surface area (TPSA) is 102 Å². The van der Waals surface area contributed by atoms with Crippen LogP contribution < -0.4 is 5.32 Å². The van der Waals surface area contributed by atoms with E-state index in [0.29, 0.717) is 13.0 Å². The van der Waals surface area contributed by atoms with Gasteiger partial charge in [0, 0.05) is 19.4 Å². The minimum Gasteiger partial charge on any atom is -0.394 e. The molecular formula is C9H16N2O5. The number of rotatable bonds is 2. The van der Waals surface area contributed by atoms with E-state index in [9.17, 15) is 15.0 Å². The fraction of sp³-hybridized carbons (Fsp3) is 0.889. The van der Waals surface area contributed by atoms with E-state index in [1.165, 1.54) is 4.90 Å². The Morgan fingerprint density at radius 1 is 1.50 bits per heavy atom. The number of hydrogen-bond acceptors (Lipinski definition) is 5. The van der Waals surface area contributed by atoms with Crippen molar-refractivity contribution in [3.05, 3.63) is 0 Å². The predicted octanol–water partition coefficient (Wildman–Crippen LogP) is -1.81. The largest absolute Gasteiger partial charge is 0.394 e. The smallest absolute Gasteiger partial charge is 0.321 e. The van der Waals surface area contributed by atoms with Gasteiger partial charge in [0.15, 0.2) is 0 Å². The lowest BCUT2D eigenvalue weighted by molar-refractivity contribution is -0.0730. The van der Waals surface area contributed by atoms with Gasteiger partial charge in [-0.25, -0.2) is 4.79 Å². The normalized spacial score (nSPS) is 39.9. The standard InChI is InChI=1S/C9H16N2O5/c12-4-6-5(13)3-8(16-6)11-2-1-7(14)10-9(11)15/h5-8,12-14H,1-4H2,(H,10,15)/t5-,6-,7-,8-/m0/s1. The number of carbonyl (C=O) groups is 1. The quantitative estimate of drug-likeness (QED) is 0.449. The highest BCUT2D eigenvalue weighted by Crippen LogP contribution is 2.24. The summed E-state index contributed by atoms with van der Waals surface area (Å²) in [5.74, 6) is 0. The maximum atomic E-state index is 11.5. The molecule has 0 aromatic rings. The van der Waals surface area contributed by atoms with E-state index < -0.39 is 30.7 Å². The van der Waals surface area contributed by atoms with Crippen molar-refractivity contribution in [3.8, 4) is 0 Å². The van der Waals surface area contributed by atoms with Crippen molar-refractivity contribution in [1.29, 1.82) is 0 Å². The van der Waals surface area contributed by atoms with Crippen molar-refractivity contribution in [1.82, 2.24) is 10.2 Å².